The largest absolute Gasteiger partial charge is 0.215 e. The molecular weight excluding hydrogens is 282 g/mol. The quantitative estimate of drug-likeness (QED) is 0.751. The van der Waals surface area contributed by atoms with Crippen molar-refractivity contribution in [2.75, 3.05) is 18.2 Å². The first-order chi connectivity index (χ1) is 8.94. The topological polar surface area (TPSA) is 46.2 Å². The molecule has 108 valence electrons. The lowest BCUT2D eigenvalue weighted by molar-refractivity contribution is 0.528. The standard InChI is InChI=1S/C14H22ClNO2S/c1-12(8-9-15)10-16-19(17,18)11-13(2)14-6-4-3-5-7-14/h3-7,12-13,16H,8-11H2,1-2H3. The van der Waals surface area contributed by atoms with Gasteiger partial charge < -0.3 is 0 Å². The van der Waals surface area contributed by atoms with Crippen molar-refractivity contribution in [1.82, 2.24) is 4.72 Å². The first kappa shape index (κ1) is 16.5. The number of halogens is 1. The molecule has 0 aliphatic heterocycles. The average molecular weight is 304 g/mol. The molecule has 0 saturated carbocycles. The monoisotopic (exact) mass is 303 g/mol. The summed E-state index contributed by atoms with van der Waals surface area (Å²) in [6.45, 7) is 4.37. The van der Waals surface area contributed by atoms with Crippen LogP contribution in [0.5, 0.6) is 0 Å². The van der Waals surface area contributed by atoms with Gasteiger partial charge >= 0.3 is 0 Å². The van der Waals surface area contributed by atoms with Gasteiger partial charge in [0.2, 0.25) is 10.0 Å². The molecule has 2 atom stereocenters. The molecule has 19 heavy (non-hydrogen) atoms. The number of sulfonamides is 1. The molecule has 0 spiro atoms. The van der Waals surface area contributed by atoms with Crippen LogP contribution in [0.25, 0.3) is 0 Å². The van der Waals surface area contributed by atoms with E-state index in [2.05, 4.69) is 4.72 Å². The van der Waals surface area contributed by atoms with Crippen LogP contribution < -0.4 is 4.72 Å². The molecule has 5 heteroatoms. The van der Waals surface area contributed by atoms with Crippen LogP contribution >= 0.6 is 11.6 Å². The van der Waals surface area contributed by atoms with Crippen LogP contribution in [0, 0.1) is 5.92 Å². The van der Waals surface area contributed by atoms with E-state index in [1.807, 2.05) is 44.2 Å². The molecule has 1 N–H and O–H groups in total. The summed E-state index contributed by atoms with van der Waals surface area (Å²) >= 11 is 5.63. The molecule has 0 aromatic heterocycles. The van der Waals surface area contributed by atoms with E-state index < -0.39 is 10.0 Å². The molecule has 0 amide bonds. The second-order valence-electron chi connectivity index (χ2n) is 5.02. The smallest absolute Gasteiger partial charge is 0.212 e. The summed E-state index contributed by atoms with van der Waals surface area (Å²) in [5.74, 6) is 0.926. The van der Waals surface area contributed by atoms with E-state index >= 15 is 0 Å². The van der Waals surface area contributed by atoms with Crippen LogP contribution in [-0.2, 0) is 10.0 Å². The van der Waals surface area contributed by atoms with Gasteiger partial charge in [-0.2, -0.15) is 0 Å². The van der Waals surface area contributed by atoms with Gasteiger partial charge in [0.05, 0.1) is 5.75 Å². The van der Waals surface area contributed by atoms with E-state index in [9.17, 15) is 8.42 Å². The minimum absolute atomic E-state index is 0.0120. The van der Waals surface area contributed by atoms with Gasteiger partial charge in [-0.3, -0.25) is 0 Å². The van der Waals surface area contributed by atoms with E-state index in [0.717, 1.165) is 12.0 Å². The van der Waals surface area contributed by atoms with E-state index in [-0.39, 0.29) is 17.6 Å². The van der Waals surface area contributed by atoms with Gasteiger partial charge in [-0.05, 0) is 23.8 Å². The first-order valence-electron chi connectivity index (χ1n) is 6.53. The van der Waals surface area contributed by atoms with Crippen LogP contribution in [-0.4, -0.2) is 26.6 Å². The van der Waals surface area contributed by atoms with Gasteiger partial charge in [0.15, 0.2) is 0 Å². The molecule has 0 saturated heterocycles. The maximum Gasteiger partial charge on any atom is 0.212 e. The predicted molar refractivity (Wildman–Crippen MR) is 81.1 cm³/mol. The molecular formula is C14H22ClNO2S. The Labute approximate surface area is 121 Å². The van der Waals surface area contributed by atoms with Gasteiger partial charge in [0.1, 0.15) is 0 Å². The third kappa shape index (κ3) is 6.41. The summed E-state index contributed by atoms with van der Waals surface area (Å²) in [6.07, 6.45) is 0.818. The lowest BCUT2D eigenvalue weighted by Crippen LogP contribution is -2.32. The molecule has 0 aliphatic carbocycles. The molecule has 0 aliphatic rings. The Morgan fingerprint density at radius 1 is 1.21 bits per heavy atom. The summed E-state index contributed by atoms with van der Waals surface area (Å²) in [7, 11) is -3.24. The Hall–Kier alpha value is -0.580. The fourth-order valence-corrected chi connectivity index (χ4v) is 3.70. The zero-order valence-corrected chi connectivity index (χ0v) is 13.0. The van der Waals surface area contributed by atoms with Gasteiger partial charge in [-0.15, -0.1) is 11.6 Å². The Morgan fingerprint density at radius 2 is 1.84 bits per heavy atom. The number of hydrogen-bond donors (Lipinski definition) is 1. The molecule has 2 unspecified atom stereocenters. The van der Waals surface area contributed by atoms with Gasteiger partial charge in [-0.25, -0.2) is 13.1 Å². The highest BCUT2D eigenvalue weighted by molar-refractivity contribution is 7.89. The van der Waals surface area contributed by atoms with Crippen LogP contribution in [0.15, 0.2) is 30.3 Å². The number of nitrogens with one attached hydrogen (secondary N) is 1. The molecule has 0 bridgehead atoms. The lowest BCUT2D eigenvalue weighted by atomic mass is 10.0. The van der Waals surface area contributed by atoms with E-state index in [4.69, 9.17) is 11.6 Å². The first-order valence-corrected chi connectivity index (χ1v) is 8.71. The zero-order chi connectivity index (χ0) is 14.3. The minimum atomic E-state index is -3.24. The Kier molecular flexibility index (Phi) is 6.83. The van der Waals surface area contributed by atoms with E-state index in [0.29, 0.717) is 12.4 Å². The number of alkyl halides is 1. The molecule has 1 rings (SSSR count). The van der Waals surface area contributed by atoms with Crippen molar-refractivity contribution in [3.05, 3.63) is 35.9 Å². The Balaban J connectivity index is 2.50. The fraction of sp³-hybridized carbons (Fsp3) is 0.571. The minimum Gasteiger partial charge on any atom is -0.215 e. The third-order valence-electron chi connectivity index (χ3n) is 3.09. The molecule has 0 radical (unpaired) electrons. The molecule has 3 nitrogen and oxygen atoms in total. The second kappa shape index (κ2) is 7.88. The predicted octanol–water partition coefficient (Wildman–Crippen LogP) is 2.97. The highest BCUT2D eigenvalue weighted by Gasteiger charge is 2.17. The van der Waals surface area contributed by atoms with Crippen molar-refractivity contribution < 1.29 is 8.42 Å². The summed E-state index contributed by atoms with van der Waals surface area (Å²) in [5.41, 5.74) is 1.04. The van der Waals surface area contributed by atoms with Crippen molar-refractivity contribution in [1.29, 1.82) is 0 Å². The van der Waals surface area contributed by atoms with Gasteiger partial charge in [0, 0.05) is 12.4 Å². The van der Waals surface area contributed by atoms with Gasteiger partial charge in [-0.1, -0.05) is 44.2 Å². The van der Waals surface area contributed by atoms with Crippen molar-refractivity contribution in [3.8, 4) is 0 Å². The Morgan fingerprint density at radius 3 is 2.42 bits per heavy atom. The van der Waals surface area contributed by atoms with Crippen LogP contribution in [0.2, 0.25) is 0 Å². The maximum absolute atomic E-state index is 12.0. The van der Waals surface area contributed by atoms with Crippen molar-refractivity contribution in [2.24, 2.45) is 5.92 Å². The second-order valence-corrected chi connectivity index (χ2v) is 7.25. The SMILES string of the molecule is CC(CCCl)CNS(=O)(=O)CC(C)c1ccccc1. The summed E-state index contributed by atoms with van der Waals surface area (Å²) < 4.78 is 26.6. The fourth-order valence-electron chi connectivity index (χ4n) is 1.82. The number of benzene rings is 1. The van der Waals surface area contributed by atoms with Crippen molar-refractivity contribution >= 4 is 21.6 Å². The molecule has 1 aromatic carbocycles. The highest BCUT2D eigenvalue weighted by atomic mass is 35.5. The zero-order valence-electron chi connectivity index (χ0n) is 11.5. The van der Waals surface area contributed by atoms with Gasteiger partial charge in [0.25, 0.3) is 0 Å². The molecule has 1 aromatic rings. The van der Waals surface area contributed by atoms with Crippen LogP contribution in [0.1, 0.15) is 31.7 Å². The van der Waals surface area contributed by atoms with E-state index in [1.165, 1.54) is 0 Å². The average Bonchev–Trinajstić information content (AvgIpc) is 2.37. The molecule has 0 fully saturated rings. The summed E-state index contributed by atoms with van der Waals surface area (Å²) in [6, 6.07) is 9.69. The highest BCUT2D eigenvalue weighted by Crippen LogP contribution is 2.16. The normalized spacial score (nSPS) is 15.1. The number of hydrogen-bond acceptors (Lipinski definition) is 2. The summed E-state index contributed by atoms with van der Waals surface area (Å²) in [4.78, 5) is 0. The van der Waals surface area contributed by atoms with E-state index in [1.54, 1.807) is 0 Å². The van der Waals surface area contributed by atoms with Crippen molar-refractivity contribution in [3.63, 3.8) is 0 Å². The lowest BCUT2D eigenvalue weighted by Gasteiger charge is -2.15. The Bertz CT molecular complexity index is 462. The number of rotatable bonds is 8. The maximum atomic E-state index is 12.0. The summed E-state index contributed by atoms with van der Waals surface area (Å²) in [5, 5.41) is 0. The van der Waals surface area contributed by atoms with Crippen LogP contribution in [0.3, 0.4) is 0 Å². The molecule has 0 heterocycles. The third-order valence-corrected chi connectivity index (χ3v) is 4.86. The van der Waals surface area contributed by atoms with Crippen LogP contribution in [0.4, 0.5) is 0 Å². The van der Waals surface area contributed by atoms with Crippen molar-refractivity contribution in [2.45, 2.75) is 26.2 Å².